The average molecular weight is 408 g/mol. The standard InChI is InChI=1S/C20H25FN2O4S/c1-4-19(23(28(3,25)26)17-10-8-16(21)9-11-17)20(24)22-12-13-27-18-7-5-6-15(2)14-18/h5-11,14,19H,4,12-13H2,1-3H3,(H,22,24)/t19-/m1/s1. The van der Waals surface area contributed by atoms with Crippen LogP contribution in [0, 0.1) is 12.7 Å². The van der Waals surface area contributed by atoms with Crippen molar-refractivity contribution < 1.29 is 22.3 Å². The first-order valence-electron chi connectivity index (χ1n) is 8.94. The van der Waals surface area contributed by atoms with Gasteiger partial charge < -0.3 is 10.1 Å². The number of aryl methyl sites for hydroxylation is 1. The Morgan fingerprint density at radius 2 is 1.89 bits per heavy atom. The van der Waals surface area contributed by atoms with E-state index < -0.39 is 27.8 Å². The van der Waals surface area contributed by atoms with E-state index in [2.05, 4.69) is 5.32 Å². The Morgan fingerprint density at radius 1 is 1.21 bits per heavy atom. The molecule has 0 saturated heterocycles. The van der Waals surface area contributed by atoms with Gasteiger partial charge in [-0.2, -0.15) is 0 Å². The van der Waals surface area contributed by atoms with Crippen LogP contribution < -0.4 is 14.4 Å². The van der Waals surface area contributed by atoms with Crippen LogP contribution in [0.4, 0.5) is 10.1 Å². The van der Waals surface area contributed by atoms with Gasteiger partial charge in [0.15, 0.2) is 0 Å². The third-order valence-electron chi connectivity index (χ3n) is 4.07. The molecule has 8 heteroatoms. The van der Waals surface area contributed by atoms with E-state index >= 15 is 0 Å². The third kappa shape index (κ3) is 5.95. The van der Waals surface area contributed by atoms with Crippen LogP contribution in [0.2, 0.25) is 0 Å². The molecule has 0 aromatic heterocycles. The van der Waals surface area contributed by atoms with Gasteiger partial charge >= 0.3 is 0 Å². The summed E-state index contributed by atoms with van der Waals surface area (Å²) in [7, 11) is -3.75. The van der Waals surface area contributed by atoms with Crippen LogP contribution in [0.15, 0.2) is 48.5 Å². The van der Waals surface area contributed by atoms with Gasteiger partial charge in [0.25, 0.3) is 0 Å². The summed E-state index contributed by atoms with van der Waals surface area (Å²) in [6, 6.07) is 11.6. The fourth-order valence-electron chi connectivity index (χ4n) is 2.81. The van der Waals surface area contributed by atoms with Crippen LogP contribution in [0.1, 0.15) is 18.9 Å². The van der Waals surface area contributed by atoms with E-state index in [-0.39, 0.29) is 25.3 Å². The van der Waals surface area contributed by atoms with E-state index in [1.165, 1.54) is 12.1 Å². The van der Waals surface area contributed by atoms with Gasteiger partial charge in [0.2, 0.25) is 15.9 Å². The van der Waals surface area contributed by atoms with Crippen molar-refractivity contribution in [3.05, 3.63) is 59.9 Å². The average Bonchev–Trinajstić information content (AvgIpc) is 2.63. The van der Waals surface area contributed by atoms with Crippen LogP contribution in [0.3, 0.4) is 0 Å². The number of amides is 1. The number of ether oxygens (including phenoxy) is 1. The molecule has 0 saturated carbocycles. The van der Waals surface area contributed by atoms with E-state index in [1.54, 1.807) is 6.92 Å². The molecule has 2 rings (SSSR count). The predicted molar refractivity (Wildman–Crippen MR) is 107 cm³/mol. The van der Waals surface area contributed by atoms with Crippen molar-refractivity contribution >= 4 is 21.6 Å². The summed E-state index contributed by atoms with van der Waals surface area (Å²) in [6.45, 7) is 4.15. The first kappa shape index (κ1) is 21.7. The van der Waals surface area contributed by atoms with Crippen molar-refractivity contribution in [2.45, 2.75) is 26.3 Å². The number of anilines is 1. The predicted octanol–water partition coefficient (Wildman–Crippen LogP) is 2.87. The first-order valence-corrected chi connectivity index (χ1v) is 10.8. The monoisotopic (exact) mass is 408 g/mol. The number of carbonyl (C=O) groups is 1. The summed E-state index contributed by atoms with van der Waals surface area (Å²) in [6.07, 6.45) is 1.28. The van der Waals surface area contributed by atoms with Gasteiger partial charge in [-0.1, -0.05) is 19.1 Å². The van der Waals surface area contributed by atoms with E-state index in [0.29, 0.717) is 5.75 Å². The summed E-state index contributed by atoms with van der Waals surface area (Å²) in [5.41, 5.74) is 1.30. The summed E-state index contributed by atoms with van der Waals surface area (Å²) in [4.78, 5) is 12.6. The molecule has 0 bridgehead atoms. The first-order chi connectivity index (χ1) is 13.2. The molecular formula is C20H25FN2O4S. The van der Waals surface area contributed by atoms with Crippen LogP contribution in [-0.4, -0.2) is 39.8 Å². The maximum absolute atomic E-state index is 13.2. The number of hydrogen-bond donors (Lipinski definition) is 1. The molecule has 1 N–H and O–H groups in total. The molecule has 0 radical (unpaired) electrons. The van der Waals surface area contributed by atoms with Gasteiger partial charge in [0.1, 0.15) is 24.2 Å². The Labute approximate surface area is 165 Å². The number of nitrogens with zero attached hydrogens (tertiary/aromatic N) is 1. The number of halogens is 1. The van der Waals surface area contributed by atoms with Crippen molar-refractivity contribution in [3.8, 4) is 5.75 Å². The normalized spacial score (nSPS) is 12.3. The molecule has 0 unspecified atom stereocenters. The SMILES string of the molecule is CC[C@H](C(=O)NCCOc1cccc(C)c1)N(c1ccc(F)cc1)S(C)(=O)=O. The number of sulfonamides is 1. The summed E-state index contributed by atoms with van der Waals surface area (Å²) < 4.78 is 44.4. The van der Waals surface area contributed by atoms with Gasteiger partial charge in [-0.05, 0) is 55.3 Å². The van der Waals surface area contributed by atoms with Gasteiger partial charge in [-0.25, -0.2) is 12.8 Å². The zero-order chi connectivity index (χ0) is 20.7. The molecule has 0 aliphatic rings. The number of rotatable bonds is 9. The maximum atomic E-state index is 13.2. The fraction of sp³-hybridized carbons (Fsp3) is 0.350. The number of carbonyl (C=O) groups excluding carboxylic acids is 1. The highest BCUT2D eigenvalue weighted by molar-refractivity contribution is 7.92. The van der Waals surface area contributed by atoms with E-state index in [0.717, 1.165) is 28.3 Å². The second-order valence-corrected chi connectivity index (χ2v) is 8.27. The molecule has 2 aromatic carbocycles. The second kappa shape index (κ2) is 9.54. The highest BCUT2D eigenvalue weighted by atomic mass is 32.2. The lowest BCUT2D eigenvalue weighted by molar-refractivity contribution is -0.122. The molecule has 0 aliphatic heterocycles. The van der Waals surface area contributed by atoms with Crippen LogP contribution >= 0.6 is 0 Å². The molecule has 152 valence electrons. The van der Waals surface area contributed by atoms with Gasteiger partial charge in [0.05, 0.1) is 18.5 Å². The molecule has 2 aromatic rings. The molecule has 1 amide bonds. The van der Waals surface area contributed by atoms with Crippen molar-refractivity contribution in [2.75, 3.05) is 23.7 Å². The van der Waals surface area contributed by atoms with E-state index in [1.807, 2.05) is 31.2 Å². The van der Waals surface area contributed by atoms with E-state index in [4.69, 9.17) is 4.74 Å². The molecule has 28 heavy (non-hydrogen) atoms. The van der Waals surface area contributed by atoms with E-state index in [9.17, 15) is 17.6 Å². The highest BCUT2D eigenvalue weighted by Crippen LogP contribution is 2.22. The summed E-state index contributed by atoms with van der Waals surface area (Å²) in [5, 5.41) is 2.71. The zero-order valence-corrected chi connectivity index (χ0v) is 17.0. The highest BCUT2D eigenvalue weighted by Gasteiger charge is 2.31. The topological polar surface area (TPSA) is 75.7 Å². The van der Waals surface area contributed by atoms with Crippen molar-refractivity contribution in [3.63, 3.8) is 0 Å². The van der Waals surface area contributed by atoms with Crippen molar-refractivity contribution in [1.29, 1.82) is 0 Å². The zero-order valence-electron chi connectivity index (χ0n) is 16.2. The summed E-state index contributed by atoms with van der Waals surface area (Å²) >= 11 is 0. The van der Waals surface area contributed by atoms with Crippen LogP contribution in [0.25, 0.3) is 0 Å². The van der Waals surface area contributed by atoms with Crippen LogP contribution in [0.5, 0.6) is 5.75 Å². The Bertz CT molecular complexity index is 901. The quantitative estimate of drug-likeness (QED) is 0.648. The van der Waals surface area contributed by atoms with Crippen LogP contribution in [-0.2, 0) is 14.8 Å². The lowest BCUT2D eigenvalue weighted by atomic mass is 10.2. The number of hydrogen-bond acceptors (Lipinski definition) is 4. The van der Waals surface area contributed by atoms with Gasteiger partial charge in [-0.15, -0.1) is 0 Å². The second-order valence-electron chi connectivity index (χ2n) is 6.42. The summed E-state index contributed by atoms with van der Waals surface area (Å²) in [5.74, 6) is -0.224. The minimum Gasteiger partial charge on any atom is -0.492 e. The smallest absolute Gasteiger partial charge is 0.244 e. The minimum atomic E-state index is -3.75. The number of nitrogens with one attached hydrogen (secondary N) is 1. The molecule has 0 aliphatic carbocycles. The Morgan fingerprint density at radius 3 is 2.46 bits per heavy atom. The molecule has 1 atom stereocenters. The molecule has 6 nitrogen and oxygen atoms in total. The Balaban J connectivity index is 2.04. The van der Waals surface area contributed by atoms with Gasteiger partial charge in [-0.3, -0.25) is 9.10 Å². The van der Waals surface area contributed by atoms with Crippen molar-refractivity contribution in [1.82, 2.24) is 5.32 Å². The van der Waals surface area contributed by atoms with Gasteiger partial charge in [0, 0.05) is 0 Å². The number of benzene rings is 2. The third-order valence-corrected chi connectivity index (χ3v) is 5.25. The largest absolute Gasteiger partial charge is 0.492 e. The lowest BCUT2D eigenvalue weighted by Crippen LogP contribution is -2.50. The molecule has 0 heterocycles. The van der Waals surface area contributed by atoms with Crippen molar-refractivity contribution in [2.24, 2.45) is 0 Å². The lowest BCUT2D eigenvalue weighted by Gasteiger charge is -2.30. The minimum absolute atomic E-state index is 0.226. The molecule has 0 spiro atoms. The molecular weight excluding hydrogens is 383 g/mol. The Kier molecular flexibility index (Phi) is 7.39. The Hall–Kier alpha value is -2.61. The molecule has 0 fully saturated rings. The fourth-order valence-corrected chi connectivity index (χ4v) is 4.03. The maximum Gasteiger partial charge on any atom is 0.244 e.